The van der Waals surface area contributed by atoms with Gasteiger partial charge in [0.25, 0.3) is 0 Å². The van der Waals surface area contributed by atoms with Gasteiger partial charge in [-0.3, -0.25) is 4.98 Å². The number of piperazine rings is 2. The monoisotopic (exact) mass is 499 g/mol. The highest BCUT2D eigenvalue weighted by Crippen LogP contribution is 2.25. The number of hydrogen-bond donors (Lipinski definition) is 0. The van der Waals surface area contributed by atoms with E-state index in [1.54, 1.807) is 41.6 Å². The van der Waals surface area contributed by atoms with Crippen LogP contribution in [-0.2, 0) is 10.0 Å². The number of fused-ring (bicyclic) bond motifs is 1. The lowest BCUT2D eigenvalue weighted by atomic mass is 10.1. The van der Waals surface area contributed by atoms with Crippen LogP contribution in [-0.4, -0.2) is 85.9 Å². The first-order valence-electron chi connectivity index (χ1n) is 11.3. The summed E-state index contributed by atoms with van der Waals surface area (Å²) in [4.78, 5) is 23.2. The topological polar surface area (TPSA) is 77.1 Å². The predicted molar refractivity (Wildman–Crippen MR) is 133 cm³/mol. The molecule has 10 heteroatoms. The molecular weight excluding hydrogens is 474 g/mol. The van der Waals surface area contributed by atoms with E-state index in [1.165, 1.54) is 4.31 Å². The van der Waals surface area contributed by atoms with Crippen molar-refractivity contribution in [1.29, 1.82) is 0 Å². The molecule has 3 heterocycles. The number of carbonyl (C=O) groups excluding carboxylic acids is 1. The molecular formula is C24H26ClN5O3S. The summed E-state index contributed by atoms with van der Waals surface area (Å²) in [7, 11) is -3.64. The number of pyridine rings is 1. The first-order chi connectivity index (χ1) is 16.4. The zero-order chi connectivity index (χ0) is 23.7. The van der Waals surface area contributed by atoms with E-state index in [4.69, 9.17) is 11.6 Å². The summed E-state index contributed by atoms with van der Waals surface area (Å²) in [6.07, 6.45) is 3.54. The second-order valence-electron chi connectivity index (χ2n) is 8.51. The number of amides is 2. The number of sulfonamides is 1. The van der Waals surface area contributed by atoms with Gasteiger partial charge in [-0.15, -0.1) is 0 Å². The second-order valence-corrected chi connectivity index (χ2v) is 10.9. The molecule has 0 spiro atoms. The average molecular weight is 500 g/mol. The van der Waals surface area contributed by atoms with Gasteiger partial charge in [-0.05, 0) is 47.2 Å². The van der Waals surface area contributed by atoms with Gasteiger partial charge in [0.05, 0.1) is 4.90 Å². The summed E-state index contributed by atoms with van der Waals surface area (Å²) in [5, 5.41) is 2.33. The van der Waals surface area contributed by atoms with Crippen molar-refractivity contribution >= 4 is 44.1 Å². The second kappa shape index (κ2) is 9.40. The highest BCUT2D eigenvalue weighted by atomic mass is 35.5. The van der Waals surface area contributed by atoms with Crippen molar-refractivity contribution in [3.63, 3.8) is 0 Å². The molecule has 2 saturated heterocycles. The molecule has 0 N–H and O–H groups in total. The number of aromatic nitrogens is 1. The van der Waals surface area contributed by atoms with Gasteiger partial charge in [0.15, 0.2) is 0 Å². The van der Waals surface area contributed by atoms with Crippen LogP contribution >= 0.6 is 11.6 Å². The summed E-state index contributed by atoms with van der Waals surface area (Å²) in [5.41, 5.74) is 1.11. The molecule has 0 saturated carbocycles. The maximum Gasteiger partial charge on any atom is 0.320 e. The van der Waals surface area contributed by atoms with E-state index < -0.39 is 10.0 Å². The van der Waals surface area contributed by atoms with E-state index in [9.17, 15) is 13.2 Å². The fourth-order valence-corrected chi connectivity index (χ4v) is 6.17. The molecule has 178 valence electrons. The third-order valence-electron chi connectivity index (χ3n) is 6.50. The van der Waals surface area contributed by atoms with Gasteiger partial charge in [-0.2, -0.15) is 4.31 Å². The number of nitrogens with zero attached hydrogens (tertiary/aromatic N) is 5. The van der Waals surface area contributed by atoms with E-state index in [2.05, 4.69) is 9.88 Å². The Balaban J connectivity index is 1.19. The zero-order valence-corrected chi connectivity index (χ0v) is 20.2. The maximum absolute atomic E-state index is 13.2. The van der Waals surface area contributed by atoms with E-state index >= 15 is 0 Å². The summed E-state index contributed by atoms with van der Waals surface area (Å²) < 4.78 is 27.9. The van der Waals surface area contributed by atoms with Crippen LogP contribution in [0.3, 0.4) is 0 Å². The Morgan fingerprint density at radius 3 is 2.03 bits per heavy atom. The fourth-order valence-electron chi connectivity index (χ4n) is 4.53. The summed E-state index contributed by atoms with van der Waals surface area (Å²) >= 11 is 6.03. The van der Waals surface area contributed by atoms with Gasteiger partial charge in [-0.1, -0.05) is 23.7 Å². The normalized spacial score (nSPS) is 17.9. The SMILES string of the molecule is O=C(N1CCN(c2ccncc2)CC1)N1CCN(S(=O)(=O)c2ccc3cc(Cl)ccc3c2)CC1. The van der Waals surface area contributed by atoms with Crippen molar-refractivity contribution in [2.24, 2.45) is 0 Å². The molecule has 0 bridgehead atoms. The molecule has 0 unspecified atom stereocenters. The van der Waals surface area contributed by atoms with Crippen LogP contribution in [0, 0.1) is 0 Å². The Morgan fingerprint density at radius 1 is 0.765 bits per heavy atom. The van der Waals surface area contributed by atoms with Gasteiger partial charge in [0.2, 0.25) is 10.0 Å². The minimum absolute atomic E-state index is 0.0194. The van der Waals surface area contributed by atoms with Crippen molar-refractivity contribution in [3.8, 4) is 0 Å². The largest absolute Gasteiger partial charge is 0.368 e. The Kier molecular flexibility index (Phi) is 6.33. The smallest absolute Gasteiger partial charge is 0.320 e. The Bertz CT molecular complexity index is 1290. The van der Waals surface area contributed by atoms with Crippen molar-refractivity contribution < 1.29 is 13.2 Å². The Hall–Kier alpha value is -2.88. The number of urea groups is 1. The molecule has 2 aromatic carbocycles. The zero-order valence-electron chi connectivity index (χ0n) is 18.7. The molecule has 0 atom stereocenters. The highest BCUT2D eigenvalue weighted by Gasteiger charge is 2.32. The van der Waals surface area contributed by atoms with Gasteiger partial charge in [0, 0.05) is 75.5 Å². The standard InChI is InChI=1S/C24H26ClN5O3S/c25-21-3-1-20-18-23(4-2-19(20)17-21)34(32,33)30-15-13-29(14-16-30)24(31)28-11-9-27(10-12-28)22-5-7-26-8-6-22/h1-8,17-18H,9-16H2. The molecule has 2 aliphatic heterocycles. The first-order valence-corrected chi connectivity index (χ1v) is 13.1. The van der Waals surface area contributed by atoms with Crippen LogP contribution in [0.5, 0.6) is 0 Å². The molecule has 3 aromatic rings. The lowest BCUT2D eigenvalue weighted by molar-refractivity contribution is 0.132. The van der Waals surface area contributed by atoms with Crippen LogP contribution in [0.1, 0.15) is 0 Å². The maximum atomic E-state index is 13.2. The Morgan fingerprint density at radius 2 is 1.35 bits per heavy atom. The lowest BCUT2D eigenvalue weighted by Crippen LogP contribution is -2.57. The van der Waals surface area contributed by atoms with E-state index in [-0.39, 0.29) is 24.0 Å². The predicted octanol–water partition coefficient (Wildman–Crippen LogP) is 3.14. The number of halogens is 1. The fraction of sp³-hybridized carbons (Fsp3) is 0.333. The third-order valence-corrected chi connectivity index (χ3v) is 8.63. The summed E-state index contributed by atoms with van der Waals surface area (Å²) in [5.74, 6) is 0. The van der Waals surface area contributed by atoms with Crippen molar-refractivity contribution in [3.05, 3.63) is 65.9 Å². The minimum Gasteiger partial charge on any atom is -0.368 e. The minimum atomic E-state index is -3.64. The molecule has 2 amide bonds. The van der Waals surface area contributed by atoms with Crippen LogP contribution in [0.25, 0.3) is 10.8 Å². The Labute approximate surface area is 204 Å². The number of benzene rings is 2. The van der Waals surface area contributed by atoms with Crippen LogP contribution in [0.4, 0.5) is 10.5 Å². The van der Waals surface area contributed by atoms with Crippen LogP contribution < -0.4 is 4.90 Å². The van der Waals surface area contributed by atoms with Gasteiger partial charge in [-0.25, -0.2) is 13.2 Å². The van der Waals surface area contributed by atoms with Crippen molar-refractivity contribution in [1.82, 2.24) is 19.1 Å². The van der Waals surface area contributed by atoms with Crippen LogP contribution in [0.2, 0.25) is 5.02 Å². The molecule has 8 nitrogen and oxygen atoms in total. The number of anilines is 1. The van der Waals surface area contributed by atoms with E-state index in [0.29, 0.717) is 31.2 Å². The summed E-state index contributed by atoms with van der Waals surface area (Å²) in [6.45, 7) is 4.13. The van der Waals surface area contributed by atoms with E-state index in [1.807, 2.05) is 29.2 Å². The first kappa shape index (κ1) is 22.9. The molecule has 2 fully saturated rings. The number of hydrogen-bond acceptors (Lipinski definition) is 5. The van der Waals surface area contributed by atoms with E-state index in [0.717, 1.165) is 29.5 Å². The van der Waals surface area contributed by atoms with Gasteiger partial charge >= 0.3 is 6.03 Å². The lowest BCUT2D eigenvalue weighted by Gasteiger charge is -2.40. The highest BCUT2D eigenvalue weighted by molar-refractivity contribution is 7.89. The molecule has 2 aliphatic rings. The molecule has 5 rings (SSSR count). The number of rotatable bonds is 3. The van der Waals surface area contributed by atoms with Gasteiger partial charge in [0.1, 0.15) is 0 Å². The van der Waals surface area contributed by atoms with Gasteiger partial charge < -0.3 is 14.7 Å². The quantitative estimate of drug-likeness (QED) is 0.553. The summed E-state index contributed by atoms with van der Waals surface area (Å²) in [6, 6.07) is 14.4. The van der Waals surface area contributed by atoms with Crippen LogP contribution in [0.15, 0.2) is 65.8 Å². The van der Waals surface area contributed by atoms with Crippen molar-refractivity contribution in [2.75, 3.05) is 57.3 Å². The van der Waals surface area contributed by atoms with Crippen molar-refractivity contribution in [2.45, 2.75) is 4.90 Å². The average Bonchev–Trinajstić information content (AvgIpc) is 2.88. The third kappa shape index (κ3) is 4.55. The molecule has 1 aromatic heterocycles. The molecule has 0 aliphatic carbocycles. The number of carbonyl (C=O) groups is 1. The molecule has 34 heavy (non-hydrogen) atoms. The molecule has 0 radical (unpaired) electrons.